The number of aromatic amines is 1. The number of likely N-dealkylation sites (N-methyl/N-ethyl adjacent to an activating group) is 1. The highest BCUT2D eigenvalue weighted by molar-refractivity contribution is 6.05. The van der Waals surface area contributed by atoms with E-state index >= 15 is 0 Å². The molecule has 1 heterocycles. The Bertz CT molecular complexity index is 1250. The normalized spacial score (nSPS) is 10.7. The molecule has 0 bridgehead atoms. The number of benzene rings is 2. The molecule has 1 aromatic heterocycles. The first kappa shape index (κ1) is 25.5. The van der Waals surface area contributed by atoms with E-state index in [2.05, 4.69) is 20.9 Å². The van der Waals surface area contributed by atoms with Crippen molar-refractivity contribution in [3.8, 4) is 11.1 Å². The molecule has 0 atom stereocenters. The number of urea groups is 1. The molecule has 0 radical (unpaired) electrons. The summed E-state index contributed by atoms with van der Waals surface area (Å²) in [5.74, 6) is -0.214. The molecule has 9 nitrogen and oxygen atoms in total. The SMILES string of the molecule is Cc1c(NC(=O)c2ccc(N(C)C)cc2)cccc1-c1c[nH]c(=O)c(NC(=O)NCCN(C)C)c1. The van der Waals surface area contributed by atoms with Gasteiger partial charge in [-0.3, -0.25) is 9.59 Å². The maximum absolute atomic E-state index is 12.8. The Labute approximate surface area is 205 Å². The lowest BCUT2D eigenvalue weighted by atomic mass is 10.00. The van der Waals surface area contributed by atoms with Crippen LogP contribution in [0.5, 0.6) is 0 Å². The number of rotatable bonds is 8. The topological polar surface area (TPSA) is 110 Å². The van der Waals surface area contributed by atoms with Gasteiger partial charge in [-0.1, -0.05) is 12.1 Å². The van der Waals surface area contributed by atoms with Crippen molar-refractivity contribution in [3.63, 3.8) is 0 Å². The van der Waals surface area contributed by atoms with Crippen molar-refractivity contribution in [1.82, 2.24) is 15.2 Å². The Morgan fingerprint density at radius 2 is 1.66 bits per heavy atom. The van der Waals surface area contributed by atoms with Crippen LogP contribution in [0.2, 0.25) is 0 Å². The van der Waals surface area contributed by atoms with Gasteiger partial charge in [0.15, 0.2) is 0 Å². The fourth-order valence-electron chi connectivity index (χ4n) is 3.48. The number of hydrogen-bond acceptors (Lipinski definition) is 5. The van der Waals surface area contributed by atoms with Crippen LogP contribution in [0.1, 0.15) is 15.9 Å². The van der Waals surface area contributed by atoms with Crippen molar-refractivity contribution < 1.29 is 9.59 Å². The first-order valence-corrected chi connectivity index (χ1v) is 11.3. The number of nitrogens with zero attached hydrogens (tertiary/aromatic N) is 2. The van der Waals surface area contributed by atoms with E-state index in [1.54, 1.807) is 24.4 Å². The molecule has 35 heavy (non-hydrogen) atoms. The molecule has 2 aromatic carbocycles. The van der Waals surface area contributed by atoms with Crippen LogP contribution < -0.4 is 26.4 Å². The smallest absolute Gasteiger partial charge is 0.319 e. The number of aromatic nitrogens is 1. The van der Waals surface area contributed by atoms with E-state index in [1.807, 2.05) is 75.2 Å². The predicted molar refractivity (Wildman–Crippen MR) is 142 cm³/mol. The van der Waals surface area contributed by atoms with Crippen LogP contribution in [-0.4, -0.2) is 63.1 Å². The van der Waals surface area contributed by atoms with Crippen molar-refractivity contribution in [2.75, 3.05) is 56.8 Å². The highest BCUT2D eigenvalue weighted by Gasteiger charge is 2.13. The summed E-state index contributed by atoms with van der Waals surface area (Å²) in [6.07, 6.45) is 1.59. The molecular weight excluding hydrogens is 444 g/mol. The minimum Gasteiger partial charge on any atom is -0.378 e. The maximum atomic E-state index is 12.8. The fraction of sp³-hybridized carbons (Fsp3) is 0.269. The van der Waals surface area contributed by atoms with Crippen molar-refractivity contribution >= 4 is 29.0 Å². The molecule has 0 aliphatic rings. The lowest BCUT2D eigenvalue weighted by Crippen LogP contribution is -2.35. The average Bonchev–Trinajstić information content (AvgIpc) is 2.81. The molecule has 0 fully saturated rings. The number of amides is 3. The summed E-state index contributed by atoms with van der Waals surface area (Å²) in [5, 5.41) is 8.30. The number of H-pyrrole nitrogens is 1. The van der Waals surface area contributed by atoms with Crippen LogP contribution in [0.25, 0.3) is 11.1 Å². The van der Waals surface area contributed by atoms with Crippen LogP contribution in [0.4, 0.5) is 21.9 Å². The molecule has 3 rings (SSSR count). The molecule has 0 aliphatic carbocycles. The van der Waals surface area contributed by atoms with Crippen LogP contribution >= 0.6 is 0 Å². The van der Waals surface area contributed by atoms with E-state index in [0.717, 1.165) is 16.8 Å². The molecule has 4 N–H and O–H groups in total. The first-order chi connectivity index (χ1) is 16.7. The second kappa shape index (κ2) is 11.3. The highest BCUT2D eigenvalue weighted by atomic mass is 16.2. The number of carbonyl (C=O) groups excluding carboxylic acids is 2. The van der Waals surface area contributed by atoms with Crippen LogP contribution in [0.15, 0.2) is 59.5 Å². The van der Waals surface area contributed by atoms with Crippen molar-refractivity contribution in [2.24, 2.45) is 0 Å². The average molecular weight is 477 g/mol. The standard InChI is InChI=1S/C26H32N6O3/c1-17-21(19-15-23(25(34)28-16-19)30-26(35)27-13-14-31(2)3)7-6-8-22(17)29-24(33)18-9-11-20(12-10-18)32(4)5/h6-12,15-16H,13-14H2,1-5H3,(H,28,34)(H,29,33)(H2,27,30,35). The van der Waals surface area contributed by atoms with E-state index in [1.165, 1.54) is 0 Å². The van der Waals surface area contributed by atoms with Gasteiger partial charge in [-0.2, -0.15) is 0 Å². The Morgan fingerprint density at radius 3 is 2.31 bits per heavy atom. The van der Waals surface area contributed by atoms with Gasteiger partial charge in [0, 0.05) is 55.9 Å². The van der Waals surface area contributed by atoms with Crippen molar-refractivity contribution in [2.45, 2.75) is 6.92 Å². The lowest BCUT2D eigenvalue weighted by Gasteiger charge is -2.15. The van der Waals surface area contributed by atoms with Gasteiger partial charge in [-0.15, -0.1) is 0 Å². The Hall–Kier alpha value is -4.11. The number of nitrogens with one attached hydrogen (secondary N) is 4. The summed E-state index contributed by atoms with van der Waals surface area (Å²) in [6, 6.07) is 14.1. The van der Waals surface area contributed by atoms with E-state index in [0.29, 0.717) is 29.9 Å². The van der Waals surface area contributed by atoms with Gasteiger partial charge in [0.05, 0.1) is 0 Å². The third-order valence-electron chi connectivity index (χ3n) is 5.53. The van der Waals surface area contributed by atoms with Crippen molar-refractivity contribution in [1.29, 1.82) is 0 Å². The molecule has 9 heteroatoms. The van der Waals surface area contributed by atoms with Crippen LogP contribution in [-0.2, 0) is 0 Å². The molecule has 0 aliphatic heterocycles. The minimum absolute atomic E-state index is 0.139. The zero-order chi connectivity index (χ0) is 25.5. The summed E-state index contributed by atoms with van der Waals surface area (Å²) < 4.78 is 0. The maximum Gasteiger partial charge on any atom is 0.319 e. The molecule has 0 spiro atoms. The Morgan fingerprint density at radius 1 is 0.943 bits per heavy atom. The van der Waals surface area contributed by atoms with Crippen LogP contribution in [0.3, 0.4) is 0 Å². The monoisotopic (exact) mass is 476 g/mol. The Balaban J connectivity index is 1.78. The lowest BCUT2D eigenvalue weighted by molar-refractivity contribution is 0.102. The molecule has 0 saturated carbocycles. The fourth-order valence-corrected chi connectivity index (χ4v) is 3.48. The van der Waals surface area contributed by atoms with E-state index in [4.69, 9.17) is 0 Å². The summed E-state index contributed by atoms with van der Waals surface area (Å²) in [4.78, 5) is 43.9. The van der Waals surface area contributed by atoms with E-state index < -0.39 is 11.6 Å². The van der Waals surface area contributed by atoms with Gasteiger partial charge in [0.2, 0.25) is 0 Å². The van der Waals surface area contributed by atoms with Gasteiger partial charge < -0.3 is 30.7 Å². The molecule has 184 valence electrons. The molecule has 3 amide bonds. The van der Waals surface area contributed by atoms with Crippen molar-refractivity contribution in [3.05, 3.63) is 76.2 Å². The quantitative estimate of drug-likeness (QED) is 0.399. The zero-order valence-electron chi connectivity index (χ0n) is 20.7. The first-order valence-electron chi connectivity index (χ1n) is 11.3. The summed E-state index contributed by atoms with van der Waals surface area (Å²) >= 11 is 0. The number of anilines is 3. The minimum atomic E-state index is -0.451. The third-order valence-corrected chi connectivity index (χ3v) is 5.53. The Kier molecular flexibility index (Phi) is 8.27. The zero-order valence-corrected chi connectivity index (χ0v) is 20.7. The van der Waals surface area contributed by atoms with Gasteiger partial charge in [0.25, 0.3) is 11.5 Å². The molecule has 3 aromatic rings. The third kappa shape index (κ3) is 6.70. The largest absolute Gasteiger partial charge is 0.378 e. The summed E-state index contributed by atoms with van der Waals surface area (Å²) in [7, 11) is 7.71. The second-order valence-corrected chi connectivity index (χ2v) is 8.69. The second-order valence-electron chi connectivity index (χ2n) is 8.69. The number of carbonyl (C=O) groups is 2. The molecular formula is C26H32N6O3. The number of hydrogen-bond donors (Lipinski definition) is 4. The van der Waals surface area contributed by atoms with E-state index in [9.17, 15) is 14.4 Å². The predicted octanol–water partition coefficient (Wildman–Crippen LogP) is 3.35. The van der Waals surface area contributed by atoms with Gasteiger partial charge in [0.1, 0.15) is 5.69 Å². The molecule has 0 saturated heterocycles. The van der Waals surface area contributed by atoms with E-state index in [-0.39, 0.29) is 11.6 Å². The van der Waals surface area contributed by atoms with Gasteiger partial charge in [-0.25, -0.2) is 4.79 Å². The van der Waals surface area contributed by atoms with Gasteiger partial charge in [-0.05, 0) is 68.5 Å². The van der Waals surface area contributed by atoms with Crippen LogP contribution in [0, 0.1) is 6.92 Å². The molecule has 0 unspecified atom stereocenters. The summed E-state index contributed by atoms with van der Waals surface area (Å²) in [5.41, 5.74) is 4.31. The number of pyridine rings is 1. The summed E-state index contributed by atoms with van der Waals surface area (Å²) in [6.45, 7) is 3.03. The highest BCUT2D eigenvalue weighted by Crippen LogP contribution is 2.29. The van der Waals surface area contributed by atoms with Gasteiger partial charge >= 0.3 is 6.03 Å².